The van der Waals surface area contributed by atoms with Crippen molar-refractivity contribution in [2.75, 3.05) is 6.54 Å². The third kappa shape index (κ3) is 3.20. The van der Waals surface area contributed by atoms with Crippen molar-refractivity contribution >= 4 is 15.9 Å². The Morgan fingerprint density at radius 2 is 2.00 bits per heavy atom. The molecule has 0 aliphatic carbocycles. The lowest BCUT2D eigenvalue weighted by Crippen LogP contribution is -2.31. The monoisotopic (exact) mass is 339 g/mol. The van der Waals surface area contributed by atoms with E-state index in [1.54, 1.807) is 0 Å². The average molecular weight is 340 g/mol. The standard InChI is InChI=1S/C17H26BrNO/c1-5-7-15-16(19-8-6-2)14-10-12(18)9-13(11(3)4)17(14)20-15/h9-11,15-16,19H,5-8H2,1-4H3. The molecule has 0 radical (unpaired) electrons. The van der Waals surface area contributed by atoms with Crippen molar-refractivity contribution < 1.29 is 4.74 Å². The molecule has 3 heteroatoms. The van der Waals surface area contributed by atoms with Crippen LogP contribution in [0.25, 0.3) is 0 Å². The van der Waals surface area contributed by atoms with Crippen LogP contribution in [-0.2, 0) is 0 Å². The molecule has 1 aromatic rings. The van der Waals surface area contributed by atoms with Crippen molar-refractivity contribution in [3.63, 3.8) is 0 Å². The number of ether oxygens (including phenoxy) is 1. The van der Waals surface area contributed by atoms with Crippen LogP contribution in [0.3, 0.4) is 0 Å². The maximum Gasteiger partial charge on any atom is 0.128 e. The van der Waals surface area contributed by atoms with Crippen LogP contribution < -0.4 is 10.1 Å². The molecule has 1 N–H and O–H groups in total. The Morgan fingerprint density at radius 1 is 1.25 bits per heavy atom. The van der Waals surface area contributed by atoms with Gasteiger partial charge in [-0.3, -0.25) is 0 Å². The molecule has 20 heavy (non-hydrogen) atoms. The highest BCUT2D eigenvalue weighted by Gasteiger charge is 2.35. The average Bonchev–Trinajstić information content (AvgIpc) is 2.73. The number of nitrogens with one attached hydrogen (secondary N) is 1. The van der Waals surface area contributed by atoms with Crippen molar-refractivity contribution in [1.82, 2.24) is 5.32 Å². The summed E-state index contributed by atoms with van der Waals surface area (Å²) in [5.74, 6) is 1.60. The second-order valence-electron chi connectivity index (χ2n) is 5.94. The molecule has 112 valence electrons. The predicted octanol–water partition coefficient (Wildman–Crippen LogP) is 5.17. The first-order valence-electron chi connectivity index (χ1n) is 7.81. The van der Waals surface area contributed by atoms with Crippen molar-refractivity contribution in [2.24, 2.45) is 0 Å². The van der Waals surface area contributed by atoms with Crippen LogP contribution >= 0.6 is 15.9 Å². The summed E-state index contributed by atoms with van der Waals surface area (Å²) in [4.78, 5) is 0. The zero-order valence-corrected chi connectivity index (χ0v) is 14.6. The Balaban J connectivity index is 2.38. The van der Waals surface area contributed by atoms with Gasteiger partial charge in [-0.1, -0.05) is 50.0 Å². The maximum absolute atomic E-state index is 6.32. The highest BCUT2D eigenvalue weighted by molar-refractivity contribution is 9.10. The first-order valence-corrected chi connectivity index (χ1v) is 8.61. The SMILES string of the molecule is CCCNC1c2cc(Br)cc(C(C)C)c2OC1CCC. The van der Waals surface area contributed by atoms with Gasteiger partial charge in [-0.05, 0) is 43.0 Å². The fourth-order valence-corrected chi connectivity index (χ4v) is 3.40. The van der Waals surface area contributed by atoms with Crippen LogP contribution in [-0.4, -0.2) is 12.6 Å². The van der Waals surface area contributed by atoms with Gasteiger partial charge in [0.25, 0.3) is 0 Å². The van der Waals surface area contributed by atoms with Gasteiger partial charge in [-0.15, -0.1) is 0 Å². The van der Waals surface area contributed by atoms with E-state index in [4.69, 9.17) is 4.74 Å². The van der Waals surface area contributed by atoms with Crippen LogP contribution in [0.1, 0.15) is 70.0 Å². The lowest BCUT2D eigenvalue weighted by molar-refractivity contribution is 0.176. The largest absolute Gasteiger partial charge is 0.488 e. The topological polar surface area (TPSA) is 21.3 Å². The van der Waals surface area contributed by atoms with Gasteiger partial charge in [0.15, 0.2) is 0 Å². The molecule has 1 aliphatic rings. The summed E-state index contributed by atoms with van der Waals surface area (Å²) in [6.07, 6.45) is 3.68. The van der Waals surface area contributed by atoms with E-state index in [9.17, 15) is 0 Å². The number of benzene rings is 1. The van der Waals surface area contributed by atoms with Gasteiger partial charge in [-0.2, -0.15) is 0 Å². The molecule has 2 atom stereocenters. The van der Waals surface area contributed by atoms with Crippen molar-refractivity contribution in [3.8, 4) is 5.75 Å². The molecule has 0 fully saturated rings. The quantitative estimate of drug-likeness (QED) is 0.771. The van der Waals surface area contributed by atoms with E-state index in [1.165, 1.54) is 11.1 Å². The van der Waals surface area contributed by atoms with Gasteiger partial charge in [0.05, 0.1) is 6.04 Å². The van der Waals surface area contributed by atoms with Gasteiger partial charge >= 0.3 is 0 Å². The second kappa shape index (κ2) is 6.95. The first kappa shape index (κ1) is 15.8. The summed E-state index contributed by atoms with van der Waals surface area (Å²) < 4.78 is 7.48. The minimum Gasteiger partial charge on any atom is -0.488 e. The number of hydrogen-bond donors (Lipinski definition) is 1. The summed E-state index contributed by atoms with van der Waals surface area (Å²) >= 11 is 3.66. The Hall–Kier alpha value is -0.540. The first-order chi connectivity index (χ1) is 9.58. The Bertz CT molecular complexity index is 459. The molecule has 0 aromatic heterocycles. The van der Waals surface area contributed by atoms with Gasteiger partial charge in [-0.25, -0.2) is 0 Å². The van der Waals surface area contributed by atoms with Crippen molar-refractivity contribution in [1.29, 1.82) is 0 Å². The molecule has 0 saturated carbocycles. The Labute approximate surface area is 131 Å². The third-order valence-electron chi connectivity index (χ3n) is 3.90. The summed E-state index contributed by atoms with van der Waals surface area (Å²) in [5, 5.41) is 3.67. The predicted molar refractivity (Wildman–Crippen MR) is 88.6 cm³/mol. The minimum absolute atomic E-state index is 0.272. The molecule has 0 spiro atoms. The van der Waals surface area contributed by atoms with E-state index in [0.29, 0.717) is 12.0 Å². The van der Waals surface area contributed by atoms with Gasteiger partial charge in [0.1, 0.15) is 11.9 Å². The molecule has 2 unspecified atom stereocenters. The van der Waals surface area contributed by atoms with E-state index in [0.717, 1.165) is 36.0 Å². The van der Waals surface area contributed by atoms with Gasteiger partial charge in [0.2, 0.25) is 0 Å². The third-order valence-corrected chi connectivity index (χ3v) is 4.35. The molecular weight excluding hydrogens is 314 g/mol. The zero-order chi connectivity index (χ0) is 14.7. The molecule has 0 saturated heterocycles. The highest BCUT2D eigenvalue weighted by atomic mass is 79.9. The smallest absolute Gasteiger partial charge is 0.128 e. The van der Waals surface area contributed by atoms with Crippen LogP contribution in [0.4, 0.5) is 0 Å². The Kier molecular flexibility index (Phi) is 5.50. The molecule has 1 aliphatic heterocycles. The molecule has 2 rings (SSSR count). The molecule has 0 bridgehead atoms. The zero-order valence-electron chi connectivity index (χ0n) is 13.0. The minimum atomic E-state index is 0.272. The number of rotatable bonds is 6. The van der Waals surface area contributed by atoms with E-state index >= 15 is 0 Å². The fourth-order valence-electron chi connectivity index (χ4n) is 2.90. The molecular formula is C17H26BrNO. The van der Waals surface area contributed by atoms with Crippen LogP contribution in [0.15, 0.2) is 16.6 Å². The number of halogens is 1. The summed E-state index contributed by atoms with van der Waals surface area (Å²) in [5.41, 5.74) is 2.64. The molecule has 1 aromatic carbocycles. The lowest BCUT2D eigenvalue weighted by atomic mass is 9.95. The van der Waals surface area contributed by atoms with E-state index < -0.39 is 0 Å². The van der Waals surface area contributed by atoms with Crippen LogP contribution in [0.2, 0.25) is 0 Å². The number of hydrogen-bond acceptors (Lipinski definition) is 2. The molecule has 1 heterocycles. The van der Waals surface area contributed by atoms with E-state index in [2.05, 4.69) is 61.1 Å². The fraction of sp³-hybridized carbons (Fsp3) is 0.647. The maximum atomic E-state index is 6.32. The normalized spacial score (nSPS) is 21.1. The summed E-state index contributed by atoms with van der Waals surface area (Å²) in [6, 6.07) is 4.76. The number of fused-ring (bicyclic) bond motifs is 1. The van der Waals surface area contributed by atoms with Crippen LogP contribution in [0, 0.1) is 0 Å². The van der Waals surface area contributed by atoms with Crippen molar-refractivity contribution in [3.05, 3.63) is 27.7 Å². The highest BCUT2D eigenvalue weighted by Crippen LogP contribution is 2.44. The molecule has 0 amide bonds. The van der Waals surface area contributed by atoms with E-state index in [-0.39, 0.29) is 6.10 Å². The lowest BCUT2D eigenvalue weighted by Gasteiger charge is -2.19. The molecule has 2 nitrogen and oxygen atoms in total. The van der Waals surface area contributed by atoms with E-state index in [1.807, 2.05) is 0 Å². The summed E-state index contributed by atoms with van der Waals surface area (Å²) in [6.45, 7) is 9.93. The summed E-state index contributed by atoms with van der Waals surface area (Å²) in [7, 11) is 0. The van der Waals surface area contributed by atoms with Crippen molar-refractivity contribution in [2.45, 2.75) is 65.0 Å². The second-order valence-corrected chi connectivity index (χ2v) is 6.86. The Morgan fingerprint density at radius 3 is 2.60 bits per heavy atom. The van der Waals surface area contributed by atoms with Crippen LogP contribution in [0.5, 0.6) is 5.75 Å². The van der Waals surface area contributed by atoms with Gasteiger partial charge in [0, 0.05) is 10.0 Å². The van der Waals surface area contributed by atoms with Gasteiger partial charge < -0.3 is 10.1 Å².